The summed E-state index contributed by atoms with van der Waals surface area (Å²) < 4.78 is 15.9. The highest BCUT2D eigenvalue weighted by Gasteiger charge is 2.29. The molecule has 1 N–H and O–H groups in total. The van der Waals surface area contributed by atoms with Crippen molar-refractivity contribution in [1.29, 1.82) is 0 Å². The molecule has 0 aliphatic carbocycles. The summed E-state index contributed by atoms with van der Waals surface area (Å²) in [5.74, 6) is -1.55. The predicted molar refractivity (Wildman–Crippen MR) is 117 cm³/mol. The molecule has 1 aliphatic rings. The summed E-state index contributed by atoms with van der Waals surface area (Å²) in [4.78, 5) is 46.3. The summed E-state index contributed by atoms with van der Waals surface area (Å²) >= 11 is 6.00. The Hall–Kier alpha value is -3.77. The summed E-state index contributed by atoms with van der Waals surface area (Å²) in [6.45, 7) is 3.09. The molecule has 180 valence electrons. The first-order valence-corrected chi connectivity index (χ1v) is 10.4. The van der Waals surface area contributed by atoms with Crippen molar-refractivity contribution in [2.75, 3.05) is 6.79 Å². The van der Waals surface area contributed by atoms with Crippen LogP contribution in [-0.2, 0) is 27.5 Å². The molecule has 0 radical (unpaired) electrons. The fourth-order valence-electron chi connectivity index (χ4n) is 3.25. The molecule has 0 unspecified atom stereocenters. The van der Waals surface area contributed by atoms with Crippen molar-refractivity contribution in [3.05, 3.63) is 72.3 Å². The Labute approximate surface area is 198 Å². The number of halogens is 1. The van der Waals surface area contributed by atoms with Crippen molar-refractivity contribution in [2.24, 2.45) is 5.92 Å². The Balaban J connectivity index is 1.75. The first-order valence-electron chi connectivity index (χ1n) is 10.0. The minimum absolute atomic E-state index is 0.0492. The summed E-state index contributed by atoms with van der Waals surface area (Å²) in [6, 6.07) is 4.83. The monoisotopic (exact) mass is 493 g/mol. The van der Waals surface area contributed by atoms with E-state index in [9.17, 15) is 29.8 Å². The van der Waals surface area contributed by atoms with Crippen LogP contribution in [0.4, 0.5) is 11.4 Å². The van der Waals surface area contributed by atoms with Gasteiger partial charge in [-0.05, 0) is 12.0 Å². The topological polar surface area (TPSA) is 160 Å². The molecule has 13 heteroatoms. The first kappa shape index (κ1) is 24.9. The maximum Gasteiger partial charge on any atom is 0.329 e. The Morgan fingerprint density at radius 1 is 1.15 bits per heavy atom. The highest BCUT2D eigenvalue weighted by Crippen LogP contribution is 2.33. The van der Waals surface area contributed by atoms with E-state index in [0.29, 0.717) is 11.3 Å². The van der Waals surface area contributed by atoms with Crippen molar-refractivity contribution in [2.45, 2.75) is 33.1 Å². The third-order valence-corrected chi connectivity index (χ3v) is 5.28. The van der Waals surface area contributed by atoms with Crippen molar-refractivity contribution in [1.82, 2.24) is 5.32 Å². The number of carbonyl (C=O) groups is 2. The van der Waals surface area contributed by atoms with Gasteiger partial charge in [0.25, 0.3) is 17.3 Å². The van der Waals surface area contributed by atoms with Gasteiger partial charge in [0.15, 0.2) is 6.79 Å². The van der Waals surface area contributed by atoms with Gasteiger partial charge in [-0.3, -0.25) is 25.0 Å². The number of nitro groups is 2. The number of carbonyl (C=O) groups excluding carboxylic acids is 2. The molecule has 0 fully saturated rings. The van der Waals surface area contributed by atoms with Crippen LogP contribution in [0, 0.1) is 26.1 Å². The van der Waals surface area contributed by atoms with Crippen LogP contribution in [0.25, 0.3) is 0 Å². The van der Waals surface area contributed by atoms with Crippen LogP contribution in [-0.4, -0.2) is 34.6 Å². The molecule has 0 saturated carbocycles. The molecule has 1 aliphatic heterocycles. The Morgan fingerprint density at radius 2 is 1.85 bits per heavy atom. The second-order valence-electron chi connectivity index (χ2n) is 7.69. The number of fused-ring (bicyclic) bond motifs is 1. The van der Waals surface area contributed by atoms with E-state index in [1.807, 2.05) is 0 Å². The molecule has 2 aromatic rings. The Bertz CT molecular complexity index is 1150. The lowest BCUT2D eigenvalue weighted by atomic mass is 10.0. The largest absolute Gasteiger partial charge is 0.467 e. The molecule has 1 heterocycles. The summed E-state index contributed by atoms with van der Waals surface area (Å²) in [6.07, 6.45) is 0. The Morgan fingerprint density at radius 3 is 2.47 bits per heavy atom. The molecule has 0 bridgehead atoms. The summed E-state index contributed by atoms with van der Waals surface area (Å²) in [5, 5.41) is 24.5. The van der Waals surface area contributed by atoms with E-state index in [1.165, 1.54) is 18.2 Å². The number of esters is 1. The van der Waals surface area contributed by atoms with Crippen LogP contribution in [0.2, 0.25) is 5.02 Å². The van der Waals surface area contributed by atoms with Gasteiger partial charge in [0, 0.05) is 35.4 Å². The number of rotatable bonds is 8. The van der Waals surface area contributed by atoms with E-state index >= 15 is 0 Å². The van der Waals surface area contributed by atoms with Gasteiger partial charge < -0.3 is 19.5 Å². The van der Waals surface area contributed by atoms with Crippen LogP contribution in [0.1, 0.15) is 35.3 Å². The average Bonchev–Trinajstić information content (AvgIpc) is 2.79. The van der Waals surface area contributed by atoms with Crippen LogP contribution in [0.3, 0.4) is 0 Å². The number of benzene rings is 2. The normalized spacial score (nSPS) is 13.4. The Kier molecular flexibility index (Phi) is 7.64. The number of non-ortho nitro benzene ring substituents is 2. The van der Waals surface area contributed by atoms with Crippen molar-refractivity contribution < 1.29 is 33.6 Å². The zero-order valence-corrected chi connectivity index (χ0v) is 18.9. The standard InChI is InChI=1S/C21H20ClN3O9/c1-11(2)18(23-20(26)16-4-3-14(24(28)29)7-17(16)22)21(27)33-9-13-6-15(25(30)31)5-12-8-32-10-34-19(12)13/h3-7,11,18H,8-10H2,1-2H3,(H,23,26)/t18-/m0/s1. The molecule has 12 nitrogen and oxygen atoms in total. The van der Waals surface area contributed by atoms with E-state index in [1.54, 1.807) is 13.8 Å². The summed E-state index contributed by atoms with van der Waals surface area (Å²) in [7, 11) is 0. The second kappa shape index (κ2) is 10.4. The number of ether oxygens (including phenoxy) is 3. The molecule has 3 rings (SSSR count). The lowest BCUT2D eigenvalue weighted by Gasteiger charge is -2.23. The fourth-order valence-corrected chi connectivity index (χ4v) is 3.51. The second-order valence-corrected chi connectivity index (χ2v) is 8.09. The maximum atomic E-state index is 12.8. The maximum absolute atomic E-state index is 12.8. The molecule has 0 saturated heterocycles. The quantitative estimate of drug-likeness (QED) is 0.329. The van der Waals surface area contributed by atoms with Gasteiger partial charge in [-0.25, -0.2) is 4.79 Å². The highest BCUT2D eigenvalue weighted by molar-refractivity contribution is 6.34. The number of hydrogen-bond donors (Lipinski definition) is 1. The molecule has 34 heavy (non-hydrogen) atoms. The van der Waals surface area contributed by atoms with Gasteiger partial charge in [0.1, 0.15) is 18.4 Å². The van der Waals surface area contributed by atoms with Gasteiger partial charge in [0.2, 0.25) is 0 Å². The molecule has 1 amide bonds. The fraction of sp³-hybridized carbons (Fsp3) is 0.333. The SMILES string of the molecule is CC(C)[C@H](NC(=O)c1ccc([N+](=O)[O-])cc1Cl)C(=O)OCc1cc([N+](=O)[O-])cc2c1OCOC2. The number of nitrogens with one attached hydrogen (secondary N) is 1. The van der Waals surface area contributed by atoms with Crippen molar-refractivity contribution in [3.8, 4) is 5.75 Å². The van der Waals surface area contributed by atoms with Crippen LogP contribution in [0.5, 0.6) is 5.75 Å². The van der Waals surface area contributed by atoms with Gasteiger partial charge in [0.05, 0.1) is 27.0 Å². The van der Waals surface area contributed by atoms with Crippen molar-refractivity contribution in [3.63, 3.8) is 0 Å². The lowest BCUT2D eigenvalue weighted by molar-refractivity contribution is -0.385. The lowest BCUT2D eigenvalue weighted by Crippen LogP contribution is -2.45. The number of amides is 1. The molecule has 1 atom stereocenters. The van der Waals surface area contributed by atoms with E-state index in [4.69, 9.17) is 25.8 Å². The van der Waals surface area contributed by atoms with Crippen LogP contribution >= 0.6 is 11.6 Å². The number of nitrogens with zero attached hydrogens (tertiary/aromatic N) is 2. The zero-order valence-electron chi connectivity index (χ0n) is 18.1. The molecule has 2 aromatic carbocycles. The highest BCUT2D eigenvalue weighted by atomic mass is 35.5. The average molecular weight is 494 g/mol. The van der Waals surface area contributed by atoms with Gasteiger partial charge in [-0.1, -0.05) is 25.4 Å². The third kappa shape index (κ3) is 5.58. The molecular formula is C21H20ClN3O9. The molecule has 0 spiro atoms. The van der Waals surface area contributed by atoms with Gasteiger partial charge >= 0.3 is 5.97 Å². The van der Waals surface area contributed by atoms with E-state index in [2.05, 4.69) is 5.32 Å². The first-order chi connectivity index (χ1) is 16.1. The van der Waals surface area contributed by atoms with E-state index in [0.717, 1.165) is 12.1 Å². The number of nitro benzene ring substituents is 2. The predicted octanol–water partition coefficient (Wildman–Crippen LogP) is 3.52. The van der Waals surface area contributed by atoms with Gasteiger partial charge in [-0.15, -0.1) is 0 Å². The third-order valence-electron chi connectivity index (χ3n) is 4.97. The van der Waals surface area contributed by atoms with E-state index in [-0.39, 0.29) is 47.5 Å². The minimum atomic E-state index is -1.09. The van der Waals surface area contributed by atoms with Crippen LogP contribution < -0.4 is 10.1 Å². The summed E-state index contributed by atoms with van der Waals surface area (Å²) in [5.41, 5.74) is 0.197. The smallest absolute Gasteiger partial charge is 0.329 e. The van der Waals surface area contributed by atoms with Crippen LogP contribution in [0.15, 0.2) is 30.3 Å². The molecular weight excluding hydrogens is 474 g/mol. The number of hydrogen-bond acceptors (Lipinski definition) is 9. The molecule has 0 aromatic heterocycles. The van der Waals surface area contributed by atoms with Gasteiger partial charge in [-0.2, -0.15) is 0 Å². The minimum Gasteiger partial charge on any atom is -0.467 e. The van der Waals surface area contributed by atoms with Crippen molar-refractivity contribution >= 4 is 34.9 Å². The zero-order chi connectivity index (χ0) is 25.0. The van der Waals surface area contributed by atoms with E-state index < -0.39 is 33.7 Å².